The molecule has 0 atom stereocenters. The topological polar surface area (TPSA) is 80.4 Å². The van der Waals surface area contributed by atoms with Crippen molar-refractivity contribution in [2.24, 2.45) is 0 Å². The molecule has 7 heteroatoms. The van der Waals surface area contributed by atoms with Crippen LogP contribution in [0.5, 0.6) is 5.75 Å². The second-order valence-electron chi connectivity index (χ2n) is 3.71. The predicted octanol–water partition coefficient (Wildman–Crippen LogP) is 1.71. The number of halogens is 1. The van der Waals surface area contributed by atoms with Crippen LogP contribution in [0.4, 0.5) is 10.4 Å². The lowest BCUT2D eigenvalue weighted by atomic mass is 10.2. The highest BCUT2D eigenvalue weighted by molar-refractivity contribution is 5.31. The number of ether oxygens (including phenoxy) is 1. The van der Waals surface area contributed by atoms with Crippen LogP contribution in [0.1, 0.15) is 18.4 Å². The summed E-state index contributed by atoms with van der Waals surface area (Å²) in [4.78, 5) is 0. The van der Waals surface area contributed by atoms with Gasteiger partial charge in [0.1, 0.15) is 6.61 Å². The van der Waals surface area contributed by atoms with Gasteiger partial charge in [-0.2, -0.15) is 0 Å². The van der Waals surface area contributed by atoms with Crippen LogP contribution in [0.3, 0.4) is 0 Å². The fourth-order valence-corrected chi connectivity index (χ4v) is 1.49. The maximum Gasteiger partial charge on any atom is 0.315 e. The summed E-state index contributed by atoms with van der Waals surface area (Å²) in [6, 6.07) is 4.87. The molecule has 2 rings (SSSR count). The number of rotatable bonds is 6. The van der Waals surface area contributed by atoms with Crippen LogP contribution >= 0.6 is 0 Å². The van der Waals surface area contributed by atoms with E-state index in [0.717, 1.165) is 0 Å². The summed E-state index contributed by atoms with van der Waals surface area (Å²) >= 11 is 0. The second kappa shape index (κ2) is 6.14. The van der Waals surface area contributed by atoms with Crippen LogP contribution in [-0.2, 0) is 13.2 Å². The molecular formula is C12H14FN3O3. The van der Waals surface area contributed by atoms with E-state index in [4.69, 9.17) is 14.3 Å². The first kappa shape index (κ1) is 13.3. The number of aliphatic hydroxyl groups excluding tert-OH is 1. The maximum absolute atomic E-state index is 13.6. The molecule has 2 aromatic rings. The number of hydrogen-bond donors (Lipinski definition) is 2. The van der Waals surface area contributed by atoms with Gasteiger partial charge in [0, 0.05) is 6.54 Å². The number of nitrogens with one attached hydrogen (secondary N) is 1. The standard InChI is InChI=1S/C12H14FN3O3/c1-2-18-10-4-3-8(5-9(10)13)6-14-12-16-15-11(7-17)19-12/h3-5,17H,2,6-7H2,1H3,(H,14,16). The number of aromatic nitrogens is 2. The fourth-order valence-electron chi connectivity index (χ4n) is 1.49. The van der Waals surface area contributed by atoms with Gasteiger partial charge in [0.05, 0.1) is 6.61 Å². The molecule has 1 aromatic heterocycles. The average Bonchev–Trinajstić information content (AvgIpc) is 2.87. The first-order valence-electron chi connectivity index (χ1n) is 5.81. The fraction of sp³-hybridized carbons (Fsp3) is 0.333. The molecular weight excluding hydrogens is 253 g/mol. The Bertz CT molecular complexity index is 545. The van der Waals surface area contributed by atoms with Gasteiger partial charge in [-0.1, -0.05) is 11.2 Å². The van der Waals surface area contributed by atoms with Crippen molar-refractivity contribution in [2.75, 3.05) is 11.9 Å². The molecule has 0 amide bonds. The van der Waals surface area contributed by atoms with Gasteiger partial charge in [0.2, 0.25) is 5.89 Å². The van der Waals surface area contributed by atoms with Crippen molar-refractivity contribution in [1.82, 2.24) is 10.2 Å². The number of benzene rings is 1. The molecule has 19 heavy (non-hydrogen) atoms. The molecule has 0 saturated heterocycles. The van der Waals surface area contributed by atoms with Crippen molar-refractivity contribution in [3.8, 4) is 5.75 Å². The lowest BCUT2D eigenvalue weighted by Crippen LogP contribution is -2.01. The van der Waals surface area contributed by atoms with Crippen molar-refractivity contribution in [3.63, 3.8) is 0 Å². The van der Waals surface area contributed by atoms with E-state index in [1.165, 1.54) is 6.07 Å². The molecule has 0 saturated carbocycles. The van der Waals surface area contributed by atoms with E-state index in [-0.39, 0.29) is 24.3 Å². The summed E-state index contributed by atoms with van der Waals surface area (Å²) in [6.07, 6.45) is 0. The molecule has 2 N–H and O–H groups in total. The Hall–Kier alpha value is -2.15. The quantitative estimate of drug-likeness (QED) is 0.829. The molecule has 0 fully saturated rings. The third-order valence-corrected chi connectivity index (χ3v) is 2.34. The van der Waals surface area contributed by atoms with Gasteiger partial charge < -0.3 is 19.6 Å². The predicted molar refractivity (Wildman–Crippen MR) is 65.1 cm³/mol. The van der Waals surface area contributed by atoms with E-state index in [1.54, 1.807) is 19.1 Å². The van der Waals surface area contributed by atoms with Crippen molar-refractivity contribution in [1.29, 1.82) is 0 Å². The zero-order valence-corrected chi connectivity index (χ0v) is 10.4. The second-order valence-corrected chi connectivity index (χ2v) is 3.71. The SMILES string of the molecule is CCOc1ccc(CNc2nnc(CO)o2)cc1F. The normalized spacial score (nSPS) is 10.5. The van der Waals surface area contributed by atoms with Gasteiger partial charge in [0.15, 0.2) is 11.6 Å². The van der Waals surface area contributed by atoms with Crippen molar-refractivity contribution < 1.29 is 18.7 Å². The molecule has 0 unspecified atom stereocenters. The molecule has 0 radical (unpaired) electrons. The van der Waals surface area contributed by atoms with Crippen LogP contribution < -0.4 is 10.1 Å². The van der Waals surface area contributed by atoms with Gasteiger partial charge in [-0.25, -0.2) is 4.39 Å². The summed E-state index contributed by atoms with van der Waals surface area (Å²) in [6.45, 7) is 2.23. The van der Waals surface area contributed by atoms with Crippen LogP contribution in [-0.4, -0.2) is 21.9 Å². The zero-order chi connectivity index (χ0) is 13.7. The Kier molecular flexibility index (Phi) is 4.30. The Morgan fingerprint density at radius 1 is 1.42 bits per heavy atom. The van der Waals surface area contributed by atoms with Crippen molar-refractivity contribution in [3.05, 3.63) is 35.5 Å². The zero-order valence-electron chi connectivity index (χ0n) is 10.4. The first-order valence-corrected chi connectivity index (χ1v) is 5.81. The van der Waals surface area contributed by atoms with Gasteiger partial charge in [-0.15, -0.1) is 5.10 Å². The third kappa shape index (κ3) is 3.41. The lowest BCUT2D eigenvalue weighted by molar-refractivity contribution is 0.241. The molecule has 1 heterocycles. The minimum atomic E-state index is -0.414. The Morgan fingerprint density at radius 3 is 2.89 bits per heavy atom. The van der Waals surface area contributed by atoms with Crippen LogP contribution in [0.15, 0.2) is 22.6 Å². The average molecular weight is 267 g/mol. The van der Waals surface area contributed by atoms with E-state index in [1.807, 2.05) is 0 Å². The highest BCUT2D eigenvalue weighted by atomic mass is 19.1. The minimum absolute atomic E-state index is 0.125. The smallest absolute Gasteiger partial charge is 0.315 e. The summed E-state index contributed by atoms with van der Waals surface area (Å²) < 4.78 is 23.7. The third-order valence-electron chi connectivity index (χ3n) is 2.34. The molecule has 102 valence electrons. The van der Waals surface area contributed by atoms with E-state index in [9.17, 15) is 4.39 Å². The Labute approximate surface area is 109 Å². The molecule has 0 aliphatic rings. The Morgan fingerprint density at radius 2 is 2.26 bits per heavy atom. The summed E-state index contributed by atoms with van der Waals surface area (Å²) in [5, 5.41) is 18.8. The molecule has 1 aromatic carbocycles. The molecule has 6 nitrogen and oxygen atoms in total. The van der Waals surface area contributed by atoms with E-state index in [2.05, 4.69) is 15.5 Å². The lowest BCUT2D eigenvalue weighted by Gasteiger charge is -2.06. The van der Waals surface area contributed by atoms with Gasteiger partial charge in [0.25, 0.3) is 0 Å². The minimum Gasteiger partial charge on any atom is -0.491 e. The number of anilines is 1. The maximum atomic E-state index is 13.6. The molecule has 0 bridgehead atoms. The van der Waals surface area contributed by atoms with Gasteiger partial charge >= 0.3 is 6.01 Å². The van der Waals surface area contributed by atoms with Gasteiger partial charge in [-0.3, -0.25) is 0 Å². The van der Waals surface area contributed by atoms with Crippen LogP contribution in [0, 0.1) is 5.82 Å². The monoisotopic (exact) mass is 267 g/mol. The number of aliphatic hydroxyl groups is 1. The molecule has 0 spiro atoms. The van der Waals surface area contributed by atoms with Crippen LogP contribution in [0.2, 0.25) is 0 Å². The number of hydrogen-bond acceptors (Lipinski definition) is 6. The van der Waals surface area contributed by atoms with Gasteiger partial charge in [-0.05, 0) is 24.6 Å². The summed E-state index contributed by atoms with van der Waals surface area (Å²) in [7, 11) is 0. The largest absolute Gasteiger partial charge is 0.491 e. The van der Waals surface area contributed by atoms with E-state index in [0.29, 0.717) is 18.7 Å². The Balaban J connectivity index is 1.97. The number of nitrogens with zero attached hydrogens (tertiary/aromatic N) is 2. The van der Waals surface area contributed by atoms with E-state index >= 15 is 0 Å². The van der Waals surface area contributed by atoms with Crippen LogP contribution in [0.25, 0.3) is 0 Å². The van der Waals surface area contributed by atoms with Crippen molar-refractivity contribution >= 4 is 6.01 Å². The highest BCUT2D eigenvalue weighted by Gasteiger charge is 2.06. The molecule has 0 aliphatic carbocycles. The first-order chi connectivity index (χ1) is 9.22. The highest BCUT2D eigenvalue weighted by Crippen LogP contribution is 2.19. The summed E-state index contributed by atoms with van der Waals surface area (Å²) in [5.74, 6) is -0.0605. The van der Waals surface area contributed by atoms with Crippen molar-refractivity contribution in [2.45, 2.75) is 20.1 Å². The summed E-state index contributed by atoms with van der Waals surface area (Å²) in [5.41, 5.74) is 0.713. The van der Waals surface area contributed by atoms with E-state index < -0.39 is 5.82 Å². The molecule has 0 aliphatic heterocycles.